The van der Waals surface area contributed by atoms with Gasteiger partial charge >= 0.3 is 5.97 Å². The first kappa shape index (κ1) is 11.0. The third-order valence-electron chi connectivity index (χ3n) is 1.07. The smallest absolute Gasteiger partial charge is 0.335 e. The number of carbonyl (C=O) groups excluding carboxylic acids is 1. The van der Waals surface area contributed by atoms with Crippen LogP contribution in [0, 0.1) is 17.8 Å². The summed E-state index contributed by atoms with van der Waals surface area (Å²) in [5.41, 5.74) is 5.40. The minimum Gasteiger partial charge on any atom is -0.464 e. The predicted molar refractivity (Wildman–Crippen MR) is 47.2 cm³/mol. The number of hydrogen-bond acceptors (Lipinski definition) is 3. The van der Waals surface area contributed by atoms with E-state index in [9.17, 15) is 4.79 Å². The van der Waals surface area contributed by atoms with E-state index in [0.717, 1.165) is 0 Å². The zero-order valence-corrected chi connectivity index (χ0v) is 7.76. The van der Waals surface area contributed by atoms with Gasteiger partial charge in [-0.1, -0.05) is 25.7 Å². The lowest BCUT2D eigenvalue weighted by molar-refractivity contribution is -0.143. The topological polar surface area (TPSA) is 52.3 Å². The molecule has 0 fully saturated rings. The van der Waals surface area contributed by atoms with Crippen molar-refractivity contribution in [2.75, 3.05) is 6.61 Å². The molecule has 0 rings (SSSR count). The number of hydrogen-bond donors (Lipinski definition) is 1. The Kier molecular flexibility index (Phi) is 5.14. The van der Waals surface area contributed by atoms with Crippen LogP contribution in [0.25, 0.3) is 0 Å². The quantitative estimate of drug-likeness (QED) is 0.485. The molecule has 0 radical (unpaired) electrons. The molecule has 1 unspecified atom stereocenters. The number of carbonyl (C=O) groups is 1. The summed E-state index contributed by atoms with van der Waals surface area (Å²) in [6.07, 6.45) is 0. The zero-order valence-electron chi connectivity index (χ0n) is 7.76. The Hall–Kier alpha value is -1.01. The Morgan fingerprint density at radius 1 is 1.50 bits per heavy atom. The Morgan fingerprint density at radius 2 is 2.08 bits per heavy atom. The monoisotopic (exact) mass is 169 g/mol. The first-order valence-electron chi connectivity index (χ1n) is 4.01. The first-order chi connectivity index (χ1) is 5.57. The van der Waals surface area contributed by atoms with E-state index < -0.39 is 12.0 Å². The summed E-state index contributed by atoms with van der Waals surface area (Å²) in [5, 5.41) is 0. The molecule has 1 atom stereocenters. The van der Waals surface area contributed by atoms with Crippen LogP contribution in [0.3, 0.4) is 0 Å². The lowest BCUT2D eigenvalue weighted by Gasteiger charge is -2.02. The summed E-state index contributed by atoms with van der Waals surface area (Å²) < 4.78 is 4.67. The van der Waals surface area contributed by atoms with Crippen LogP contribution in [0.4, 0.5) is 0 Å². The van der Waals surface area contributed by atoms with Crippen LogP contribution in [0.15, 0.2) is 0 Å². The van der Waals surface area contributed by atoms with Crippen molar-refractivity contribution in [3.63, 3.8) is 0 Å². The molecular weight excluding hydrogens is 154 g/mol. The van der Waals surface area contributed by atoms with E-state index >= 15 is 0 Å². The summed E-state index contributed by atoms with van der Waals surface area (Å²) in [6.45, 7) is 5.95. The summed E-state index contributed by atoms with van der Waals surface area (Å²) in [4.78, 5) is 10.9. The average molecular weight is 169 g/mol. The molecule has 0 saturated heterocycles. The zero-order chi connectivity index (χ0) is 9.56. The highest BCUT2D eigenvalue weighted by atomic mass is 16.5. The molecule has 0 bridgehead atoms. The van der Waals surface area contributed by atoms with Crippen LogP contribution in [0.1, 0.15) is 20.8 Å². The third-order valence-corrected chi connectivity index (χ3v) is 1.07. The normalized spacial score (nSPS) is 11.8. The fraction of sp³-hybridized carbons (Fsp3) is 0.667. The highest BCUT2D eigenvalue weighted by Crippen LogP contribution is 1.88. The Labute approximate surface area is 73.3 Å². The molecule has 12 heavy (non-hydrogen) atoms. The van der Waals surface area contributed by atoms with Crippen LogP contribution >= 0.6 is 0 Å². The molecule has 0 saturated carbocycles. The molecule has 0 heterocycles. The van der Waals surface area contributed by atoms with E-state index in [1.54, 1.807) is 6.92 Å². The van der Waals surface area contributed by atoms with Gasteiger partial charge in [0.25, 0.3) is 0 Å². The van der Waals surface area contributed by atoms with Gasteiger partial charge in [0.2, 0.25) is 0 Å². The second kappa shape index (κ2) is 5.62. The van der Waals surface area contributed by atoms with Crippen molar-refractivity contribution < 1.29 is 9.53 Å². The summed E-state index contributed by atoms with van der Waals surface area (Å²) in [5.74, 6) is 5.20. The van der Waals surface area contributed by atoms with Gasteiger partial charge in [0.15, 0.2) is 6.04 Å². The van der Waals surface area contributed by atoms with Crippen LogP contribution in [-0.4, -0.2) is 18.6 Å². The summed E-state index contributed by atoms with van der Waals surface area (Å²) in [7, 11) is 0. The predicted octanol–water partition coefficient (Wildman–Crippen LogP) is 0.536. The number of esters is 1. The van der Waals surface area contributed by atoms with Gasteiger partial charge in [-0.25, -0.2) is 4.79 Å². The van der Waals surface area contributed by atoms with E-state index in [1.165, 1.54) is 0 Å². The van der Waals surface area contributed by atoms with Crippen LogP contribution in [-0.2, 0) is 9.53 Å². The van der Waals surface area contributed by atoms with Crippen molar-refractivity contribution in [2.24, 2.45) is 11.7 Å². The van der Waals surface area contributed by atoms with Gasteiger partial charge in [-0.15, -0.1) is 0 Å². The van der Waals surface area contributed by atoms with E-state index in [-0.39, 0.29) is 5.92 Å². The van der Waals surface area contributed by atoms with Crippen molar-refractivity contribution >= 4 is 5.97 Å². The minimum absolute atomic E-state index is 0.227. The van der Waals surface area contributed by atoms with Gasteiger partial charge in [-0.3, -0.25) is 0 Å². The molecular formula is C9H15NO2. The molecule has 68 valence electrons. The summed E-state index contributed by atoms with van der Waals surface area (Å²) >= 11 is 0. The molecule has 0 aliphatic rings. The number of ether oxygens (including phenoxy) is 1. The molecule has 0 aromatic heterocycles. The van der Waals surface area contributed by atoms with Gasteiger partial charge in [-0.05, 0) is 6.92 Å². The molecule has 0 aliphatic heterocycles. The van der Waals surface area contributed by atoms with Crippen molar-refractivity contribution in [3.8, 4) is 11.8 Å². The third kappa shape index (κ3) is 4.75. The Morgan fingerprint density at radius 3 is 2.50 bits per heavy atom. The first-order valence-corrected chi connectivity index (χ1v) is 4.01. The van der Waals surface area contributed by atoms with Gasteiger partial charge < -0.3 is 10.5 Å². The van der Waals surface area contributed by atoms with E-state index in [1.807, 2.05) is 13.8 Å². The molecule has 3 heteroatoms. The molecule has 0 aromatic rings. The lowest BCUT2D eigenvalue weighted by atomic mass is 10.2. The van der Waals surface area contributed by atoms with Crippen molar-refractivity contribution in [1.29, 1.82) is 0 Å². The van der Waals surface area contributed by atoms with E-state index in [2.05, 4.69) is 16.6 Å². The van der Waals surface area contributed by atoms with E-state index in [0.29, 0.717) is 6.61 Å². The molecule has 0 amide bonds. The fourth-order valence-electron chi connectivity index (χ4n) is 0.547. The van der Waals surface area contributed by atoms with Gasteiger partial charge in [0.05, 0.1) is 6.61 Å². The average Bonchev–Trinajstić information content (AvgIpc) is 2.00. The second-order valence-corrected chi connectivity index (χ2v) is 2.67. The molecule has 0 aliphatic carbocycles. The standard InChI is InChI=1S/C9H15NO2/c1-4-12-9(11)8(10)6-5-7(2)3/h7-8H,4,10H2,1-3H3. The molecule has 0 spiro atoms. The summed E-state index contributed by atoms with van der Waals surface area (Å²) in [6, 6.07) is -0.799. The highest BCUT2D eigenvalue weighted by Gasteiger charge is 2.10. The van der Waals surface area contributed by atoms with Crippen LogP contribution < -0.4 is 5.73 Å². The maximum absolute atomic E-state index is 10.9. The Balaban J connectivity index is 3.97. The molecule has 0 aromatic carbocycles. The number of nitrogens with two attached hydrogens (primary N) is 1. The maximum Gasteiger partial charge on any atom is 0.335 e. The van der Waals surface area contributed by atoms with Crippen LogP contribution in [0.2, 0.25) is 0 Å². The van der Waals surface area contributed by atoms with Gasteiger partial charge in [0, 0.05) is 5.92 Å². The lowest BCUT2D eigenvalue weighted by Crippen LogP contribution is -2.30. The Bertz CT molecular complexity index is 200. The van der Waals surface area contributed by atoms with Crippen molar-refractivity contribution in [1.82, 2.24) is 0 Å². The largest absolute Gasteiger partial charge is 0.464 e. The fourth-order valence-corrected chi connectivity index (χ4v) is 0.547. The SMILES string of the molecule is CCOC(=O)C(N)C#CC(C)C. The second-order valence-electron chi connectivity index (χ2n) is 2.67. The van der Waals surface area contributed by atoms with Gasteiger partial charge in [-0.2, -0.15) is 0 Å². The van der Waals surface area contributed by atoms with E-state index in [4.69, 9.17) is 5.73 Å². The highest BCUT2D eigenvalue weighted by molar-refractivity contribution is 5.79. The van der Waals surface area contributed by atoms with Crippen molar-refractivity contribution in [2.45, 2.75) is 26.8 Å². The maximum atomic E-state index is 10.9. The van der Waals surface area contributed by atoms with Gasteiger partial charge in [0.1, 0.15) is 0 Å². The molecule has 3 nitrogen and oxygen atoms in total. The number of rotatable bonds is 2. The minimum atomic E-state index is -0.799. The van der Waals surface area contributed by atoms with Crippen molar-refractivity contribution in [3.05, 3.63) is 0 Å². The van der Waals surface area contributed by atoms with Crippen LogP contribution in [0.5, 0.6) is 0 Å². The molecule has 2 N–H and O–H groups in total.